The lowest BCUT2D eigenvalue weighted by molar-refractivity contribution is 0.00869. The number of benzene rings is 2. The van der Waals surface area contributed by atoms with Gasteiger partial charge in [0.1, 0.15) is 22.8 Å². The highest BCUT2D eigenvalue weighted by Crippen LogP contribution is 2.34. The van der Waals surface area contributed by atoms with Crippen LogP contribution < -0.4 is 4.74 Å². The van der Waals surface area contributed by atoms with Crippen LogP contribution in [0, 0.1) is 0 Å². The topological polar surface area (TPSA) is 64.0 Å². The van der Waals surface area contributed by atoms with Crippen molar-refractivity contribution in [1.82, 2.24) is 14.4 Å². The molecule has 0 saturated carbocycles. The van der Waals surface area contributed by atoms with Gasteiger partial charge in [0.15, 0.2) is 0 Å². The van der Waals surface area contributed by atoms with Crippen LogP contribution in [0.5, 0.6) is 11.5 Å². The zero-order chi connectivity index (χ0) is 29.2. The summed E-state index contributed by atoms with van der Waals surface area (Å²) in [7, 11) is 3.65. The van der Waals surface area contributed by atoms with Gasteiger partial charge in [0, 0.05) is 43.4 Å². The highest BCUT2D eigenvalue weighted by atomic mass is 79.9. The minimum absolute atomic E-state index is 0.114. The summed E-state index contributed by atoms with van der Waals surface area (Å²) in [5.41, 5.74) is 1.84. The SMILES string of the molecule is CN(Cc1ccc(Oc2ccc(Cl)c(Cl)c2)cc1Br)C(=O)c1ccc(C2CCCCN2C(=O)OC(C)(C)C)n1C. The summed E-state index contributed by atoms with van der Waals surface area (Å²) in [4.78, 5) is 29.9. The Balaban J connectivity index is 1.46. The molecule has 4 rings (SSSR count). The van der Waals surface area contributed by atoms with Crippen molar-refractivity contribution >= 4 is 51.1 Å². The van der Waals surface area contributed by atoms with Gasteiger partial charge in [-0.25, -0.2) is 4.79 Å². The number of piperidine rings is 1. The summed E-state index contributed by atoms with van der Waals surface area (Å²) >= 11 is 15.7. The summed E-state index contributed by atoms with van der Waals surface area (Å²) in [6.07, 6.45) is 2.45. The molecule has 0 spiro atoms. The molecule has 0 radical (unpaired) electrons. The van der Waals surface area contributed by atoms with Crippen molar-refractivity contribution in [3.8, 4) is 11.5 Å². The molecule has 1 aliphatic heterocycles. The van der Waals surface area contributed by atoms with Gasteiger partial charge in [0.25, 0.3) is 5.91 Å². The molecule has 2 amide bonds. The molecule has 1 aromatic heterocycles. The van der Waals surface area contributed by atoms with Crippen LogP contribution in [0.3, 0.4) is 0 Å². The van der Waals surface area contributed by atoms with Crippen LogP contribution in [0.15, 0.2) is 53.0 Å². The van der Waals surface area contributed by atoms with E-state index in [4.69, 9.17) is 32.7 Å². The second kappa shape index (κ2) is 12.5. The fraction of sp³-hybridized carbons (Fsp3) is 0.400. The van der Waals surface area contributed by atoms with Gasteiger partial charge >= 0.3 is 6.09 Å². The lowest BCUT2D eigenvalue weighted by Crippen LogP contribution is -2.42. The molecule has 0 aliphatic carbocycles. The van der Waals surface area contributed by atoms with Crippen molar-refractivity contribution in [3.05, 3.63) is 80.0 Å². The van der Waals surface area contributed by atoms with Gasteiger partial charge in [0.05, 0.1) is 16.1 Å². The van der Waals surface area contributed by atoms with Gasteiger partial charge < -0.3 is 18.9 Å². The van der Waals surface area contributed by atoms with Crippen LogP contribution in [-0.4, -0.2) is 45.6 Å². The Hall–Kier alpha value is -2.68. The molecular weight excluding hydrogens is 617 g/mol. The average Bonchev–Trinajstić information content (AvgIpc) is 3.27. The van der Waals surface area contributed by atoms with E-state index in [0.717, 1.165) is 35.0 Å². The van der Waals surface area contributed by atoms with Gasteiger partial charge in [-0.1, -0.05) is 45.2 Å². The number of aromatic nitrogens is 1. The Labute approximate surface area is 254 Å². The molecule has 1 unspecified atom stereocenters. The quantitative estimate of drug-likeness (QED) is 0.268. The van der Waals surface area contributed by atoms with E-state index < -0.39 is 5.60 Å². The molecule has 214 valence electrons. The molecule has 0 bridgehead atoms. The summed E-state index contributed by atoms with van der Waals surface area (Å²) in [6, 6.07) is 14.3. The van der Waals surface area contributed by atoms with E-state index in [-0.39, 0.29) is 18.0 Å². The first-order chi connectivity index (χ1) is 18.8. The molecule has 10 heteroatoms. The Bertz CT molecular complexity index is 1400. The molecule has 1 saturated heterocycles. The van der Waals surface area contributed by atoms with Gasteiger partial charge in [-0.2, -0.15) is 0 Å². The first-order valence-electron chi connectivity index (χ1n) is 13.2. The van der Waals surface area contributed by atoms with Crippen LogP contribution in [0.1, 0.15) is 67.8 Å². The lowest BCUT2D eigenvalue weighted by atomic mass is 10.00. The van der Waals surface area contributed by atoms with E-state index in [1.54, 1.807) is 35.0 Å². The van der Waals surface area contributed by atoms with Crippen LogP contribution in [0.4, 0.5) is 4.79 Å². The summed E-state index contributed by atoms with van der Waals surface area (Å²) in [5, 5.41) is 0.877. The van der Waals surface area contributed by atoms with Gasteiger partial charge in [0.2, 0.25) is 0 Å². The third-order valence-electron chi connectivity index (χ3n) is 6.76. The lowest BCUT2D eigenvalue weighted by Gasteiger charge is -2.37. The maximum Gasteiger partial charge on any atom is 0.410 e. The third-order valence-corrected chi connectivity index (χ3v) is 8.23. The highest BCUT2D eigenvalue weighted by molar-refractivity contribution is 9.10. The number of hydrogen-bond acceptors (Lipinski definition) is 4. The van der Waals surface area contributed by atoms with E-state index in [0.29, 0.717) is 40.3 Å². The number of ether oxygens (including phenoxy) is 2. The summed E-state index contributed by atoms with van der Waals surface area (Å²) < 4.78 is 14.3. The van der Waals surface area contributed by atoms with Gasteiger partial charge in [-0.3, -0.25) is 9.69 Å². The van der Waals surface area contributed by atoms with Crippen LogP contribution >= 0.6 is 39.1 Å². The summed E-state index contributed by atoms with van der Waals surface area (Å²) in [5.74, 6) is 1.08. The monoisotopic (exact) mass is 649 g/mol. The van der Waals surface area contributed by atoms with Crippen molar-refractivity contribution in [2.75, 3.05) is 13.6 Å². The first kappa shape index (κ1) is 30.3. The van der Waals surface area contributed by atoms with Crippen LogP contribution in [0.25, 0.3) is 0 Å². The molecule has 1 atom stereocenters. The smallest absolute Gasteiger partial charge is 0.410 e. The molecule has 7 nitrogen and oxygen atoms in total. The van der Waals surface area contributed by atoms with E-state index in [9.17, 15) is 9.59 Å². The predicted molar refractivity (Wildman–Crippen MR) is 161 cm³/mol. The minimum atomic E-state index is -0.570. The number of amides is 2. The highest BCUT2D eigenvalue weighted by Gasteiger charge is 2.33. The summed E-state index contributed by atoms with van der Waals surface area (Å²) in [6.45, 7) is 6.63. The Morgan fingerprint density at radius 3 is 2.40 bits per heavy atom. The second-order valence-electron chi connectivity index (χ2n) is 11.0. The van der Waals surface area contributed by atoms with Crippen LogP contribution in [0.2, 0.25) is 10.0 Å². The fourth-order valence-corrected chi connectivity index (χ4v) is 5.54. The first-order valence-corrected chi connectivity index (χ1v) is 14.7. The minimum Gasteiger partial charge on any atom is -0.457 e. The van der Waals surface area contributed by atoms with Crippen molar-refractivity contribution < 1.29 is 19.1 Å². The maximum absolute atomic E-state index is 13.5. The van der Waals surface area contributed by atoms with E-state index >= 15 is 0 Å². The van der Waals surface area contributed by atoms with Gasteiger partial charge in [-0.05, 0) is 82.0 Å². The van der Waals surface area contributed by atoms with E-state index in [2.05, 4.69) is 15.9 Å². The molecule has 1 fully saturated rings. The number of hydrogen-bond donors (Lipinski definition) is 0. The number of halogens is 3. The normalized spacial score (nSPS) is 15.6. The number of nitrogens with zero attached hydrogens (tertiary/aromatic N) is 3. The van der Waals surface area contributed by atoms with E-state index in [1.165, 1.54) is 0 Å². The molecule has 2 heterocycles. The largest absolute Gasteiger partial charge is 0.457 e. The number of carbonyl (C=O) groups excluding carboxylic acids is 2. The third kappa shape index (κ3) is 7.14. The average molecular weight is 651 g/mol. The maximum atomic E-state index is 13.5. The Kier molecular flexibility index (Phi) is 9.43. The van der Waals surface area contributed by atoms with Crippen molar-refractivity contribution in [3.63, 3.8) is 0 Å². The standard InChI is InChI=1S/C30H34BrCl2N3O4/c1-30(2,3)40-29(38)36-15-7-6-8-26(36)25-13-14-27(35(25)5)28(37)34(4)18-19-9-10-20(16-22(19)31)39-21-11-12-23(32)24(33)17-21/h9-14,16-17,26H,6-8,15,18H2,1-5H3. The van der Waals surface area contributed by atoms with Crippen molar-refractivity contribution in [2.24, 2.45) is 7.05 Å². The Morgan fingerprint density at radius 1 is 1.02 bits per heavy atom. The number of rotatable bonds is 6. The van der Waals surface area contributed by atoms with Crippen molar-refractivity contribution in [2.45, 2.75) is 58.2 Å². The zero-order valence-corrected chi connectivity index (χ0v) is 26.4. The second-order valence-corrected chi connectivity index (χ2v) is 12.6. The Morgan fingerprint density at radius 2 is 1.73 bits per heavy atom. The zero-order valence-electron chi connectivity index (χ0n) is 23.3. The number of likely N-dealkylation sites (tertiary alicyclic amines) is 1. The number of carbonyl (C=O) groups is 2. The molecule has 3 aromatic rings. The molecule has 0 N–H and O–H groups in total. The van der Waals surface area contributed by atoms with Crippen molar-refractivity contribution in [1.29, 1.82) is 0 Å². The molecule has 1 aliphatic rings. The van der Waals surface area contributed by atoms with E-state index in [1.807, 2.05) is 62.7 Å². The fourth-order valence-electron chi connectivity index (χ4n) is 4.77. The molecule has 40 heavy (non-hydrogen) atoms. The molecule has 2 aromatic carbocycles. The van der Waals surface area contributed by atoms with Gasteiger partial charge in [-0.15, -0.1) is 0 Å². The molecular formula is C30H34BrCl2N3O4. The predicted octanol–water partition coefficient (Wildman–Crippen LogP) is 8.62. The van der Waals surface area contributed by atoms with Crippen LogP contribution in [-0.2, 0) is 18.3 Å².